The van der Waals surface area contributed by atoms with Gasteiger partial charge in [-0.3, -0.25) is 10.1 Å². The number of nitrogens with zero attached hydrogens (tertiary/aromatic N) is 3. The van der Waals surface area contributed by atoms with E-state index in [1.807, 2.05) is 11.9 Å². The van der Waals surface area contributed by atoms with Crippen LogP contribution in [0.4, 0.5) is 15.8 Å². The largest absolute Gasteiger partial charge is 0.397 e. The van der Waals surface area contributed by atoms with Gasteiger partial charge in [0.25, 0.3) is 5.69 Å². The summed E-state index contributed by atoms with van der Waals surface area (Å²) in [6.07, 6.45) is 0. The minimum absolute atomic E-state index is 0.217. The maximum atomic E-state index is 14.0. The highest BCUT2D eigenvalue weighted by Crippen LogP contribution is 2.30. The van der Waals surface area contributed by atoms with Crippen LogP contribution in [0.5, 0.6) is 0 Å². The van der Waals surface area contributed by atoms with E-state index in [0.29, 0.717) is 19.2 Å². The number of piperazine rings is 1. The smallest absolute Gasteiger partial charge is 0.274 e. The Bertz CT molecular complexity index is 648. The average Bonchev–Trinajstić information content (AvgIpc) is 2.37. The molecule has 0 bridgehead atoms. The SMILES string of the molecule is CN1CCN(S(=O)(=O)c2c(N)cc([N+](=O)[O-])cc2F)CC1. The molecule has 0 spiro atoms. The number of likely N-dealkylation sites (N-methyl/N-ethyl adjacent to an activating group) is 1. The fourth-order valence-corrected chi connectivity index (χ4v) is 3.70. The van der Waals surface area contributed by atoms with E-state index in [1.54, 1.807) is 0 Å². The third-order valence-corrected chi connectivity index (χ3v) is 5.32. The summed E-state index contributed by atoms with van der Waals surface area (Å²) in [5, 5.41) is 10.6. The number of sulfonamides is 1. The van der Waals surface area contributed by atoms with Crippen LogP contribution in [0.3, 0.4) is 0 Å². The predicted octanol–water partition coefficient (Wildman–Crippen LogP) is 0.252. The molecular formula is C11H15FN4O4S. The van der Waals surface area contributed by atoms with Crippen molar-refractivity contribution in [3.63, 3.8) is 0 Å². The standard InChI is InChI=1S/C11H15FN4O4S/c1-14-2-4-15(5-3-14)21(19,20)11-9(12)6-8(16(17)18)7-10(11)13/h6-7H,2-5,13H2,1H3. The van der Waals surface area contributed by atoms with Gasteiger partial charge in [0.15, 0.2) is 5.82 Å². The van der Waals surface area contributed by atoms with Crippen molar-refractivity contribution in [2.24, 2.45) is 0 Å². The summed E-state index contributed by atoms with van der Waals surface area (Å²) in [5.74, 6) is -1.21. The van der Waals surface area contributed by atoms with Crippen molar-refractivity contribution >= 4 is 21.4 Å². The first-order valence-corrected chi connectivity index (χ1v) is 7.59. The lowest BCUT2D eigenvalue weighted by Crippen LogP contribution is -2.47. The number of halogens is 1. The van der Waals surface area contributed by atoms with E-state index in [9.17, 15) is 22.9 Å². The second kappa shape index (κ2) is 5.54. The summed E-state index contributed by atoms with van der Waals surface area (Å²) in [6.45, 7) is 1.48. The zero-order chi connectivity index (χ0) is 15.8. The number of rotatable bonds is 3. The Hall–Kier alpha value is -1.78. The third kappa shape index (κ3) is 2.96. The number of non-ortho nitro benzene ring substituents is 1. The number of nitrogens with two attached hydrogens (primary N) is 1. The normalized spacial score (nSPS) is 17.8. The highest BCUT2D eigenvalue weighted by atomic mass is 32.2. The van der Waals surface area contributed by atoms with Crippen molar-refractivity contribution in [2.45, 2.75) is 4.90 Å². The lowest BCUT2D eigenvalue weighted by molar-refractivity contribution is -0.385. The molecule has 10 heteroatoms. The van der Waals surface area contributed by atoms with Crippen LogP contribution >= 0.6 is 0 Å². The van der Waals surface area contributed by atoms with Crippen molar-refractivity contribution in [1.29, 1.82) is 0 Å². The molecule has 2 rings (SSSR count). The molecule has 0 aliphatic carbocycles. The highest BCUT2D eigenvalue weighted by molar-refractivity contribution is 7.89. The van der Waals surface area contributed by atoms with E-state index in [2.05, 4.69) is 0 Å². The van der Waals surface area contributed by atoms with E-state index >= 15 is 0 Å². The molecule has 8 nitrogen and oxygen atoms in total. The molecule has 2 N–H and O–H groups in total. The van der Waals surface area contributed by atoms with Gasteiger partial charge in [-0.2, -0.15) is 4.31 Å². The lowest BCUT2D eigenvalue weighted by atomic mass is 10.3. The van der Waals surface area contributed by atoms with Gasteiger partial charge in [0.05, 0.1) is 16.7 Å². The number of anilines is 1. The molecule has 1 fully saturated rings. The molecule has 116 valence electrons. The molecule has 0 unspecified atom stereocenters. The maximum Gasteiger partial charge on any atom is 0.274 e. The van der Waals surface area contributed by atoms with Gasteiger partial charge in [0, 0.05) is 32.2 Å². The van der Waals surface area contributed by atoms with E-state index < -0.39 is 37.0 Å². The Morgan fingerprint density at radius 1 is 1.29 bits per heavy atom. The summed E-state index contributed by atoms with van der Waals surface area (Å²) >= 11 is 0. The second-order valence-corrected chi connectivity index (χ2v) is 6.69. The van der Waals surface area contributed by atoms with Crippen LogP contribution in [0.1, 0.15) is 0 Å². The Balaban J connectivity index is 2.43. The fraction of sp³-hybridized carbons (Fsp3) is 0.455. The van der Waals surface area contributed by atoms with Gasteiger partial charge in [-0.15, -0.1) is 0 Å². The number of benzene rings is 1. The Morgan fingerprint density at radius 2 is 1.86 bits per heavy atom. The van der Waals surface area contributed by atoms with Crippen molar-refractivity contribution in [3.05, 3.63) is 28.1 Å². The topological polar surface area (TPSA) is 110 Å². The zero-order valence-corrected chi connectivity index (χ0v) is 12.1. The van der Waals surface area contributed by atoms with Crippen LogP contribution in [0.15, 0.2) is 17.0 Å². The Kier molecular flexibility index (Phi) is 4.12. The summed E-state index contributed by atoms with van der Waals surface area (Å²) < 4.78 is 40.0. The van der Waals surface area contributed by atoms with Crippen molar-refractivity contribution < 1.29 is 17.7 Å². The van der Waals surface area contributed by atoms with Gasteiger partial charge in [0.1, 0.15) is 4.90 Å². The van der Waals surface area contributed by atoms with Crippen LogP contribution in [-0.4, -0.2) is 55.8 Å². The molecule has 1 aliphatic heterocycles. The van der Waals surface area contributed by atoms with Crippen LogP contribution in [0.2, 0.25) is 0 Å². The van der Waals surface area contributed by atoms with Gasteiger partial charge in [0.2, 0.25) is 10.0 Å². The van der Waals surface area contributed by atoms with Crippen LogP contribution in [0.25, 0.3) is 0 Å². The number of hydrogen-bond donors (Lipinski definition) is 1. The minimum atomic E-state index is -4.11. The molecule has 0 saturated carbocycles. The first-order valence-electron chi connectivity index (χ1n) is 6.15. The van der Waals surface area contributed by atoms with E-state index in [-0.39, 0.29) is 13.1 Å². The van der Waals surface area contributed by atoms with Crippen LogP contribution in [-0.2, 0) is 10.0 Å². The molecule has 1 saturated heterocycles. The van der Waals surface area contributed by atoms with Gasteiger partial charge < -0.3 is 10.6 Å². The molecule has 1 aliphatic rings. The summed E-state index contributed by atoms with van der Waals surface area (Å²) in [4.78, 5) is 11.0. The van der Waals surface area contributed by atoms with Crippen molar-refractivity contribution in [1.82, 2.24) is 9.21 Å². The van der Waals surface area contributed by atoms with E-state index in [1.165, 1.54) is 0 Å². The molecule has 1 heterocycles. The van der Waals surface area contributed by atoms with Gasteiger partial charge in [-0.25, -0.2) is 12.8 Å². The minimum Gasteiger partial charge on any atom is -0.397 e. The Morgan fingerprint density at radius 3 is 2.33 bits per heavy atom. The summed E-state index contributed by atoms with van der Waals surface area (Å²) in [7, 11) is -2.25. The number of nitro groups is 1. The summed E-state index contributed by atoms with van der Waals surface area (Å²) in [6, 6.07) is 1.42. The fourth-order valence-electron chi connectivity index (χ4n) is 2.13. The number of nitro benzene ring substituents is 1. The Labute approximate surface area is 121 Å². The zero-order valence-electron chi connectivity index (χ0n) is 11.3. The van der Waals surface area contributed by atoms with Crippen molar-refractivity contribution in [3.8, 4) is 0 Å². The van der Waals surface area contributed by atoms with Crippen LogP contribution in [0, 0.1) is 15.9 Å². The predicted molar refractivity (Wildman–Crippen MR) is 73.7 cm³/mol. The molecule has 1 aromatic carbocycles. The number of hydrogen-bond acceptors (Lipinski definition) is 6. The van der Waals surface area contributed by atoms with Gasteiger partial charge in [-0.05, 0) is 7.05 Å². The molecule has 1 aromatic rings. The second-order valence-electron chi connectivity index (χ2n) is 4.81. The van der Waals surface area contributed by atoms with Gasteiger partial charge >= 0.3 is 0 Å². The maximum absolute atomic E-state index is 14.0. The van der Waals surface area contributed by atoms with Crippen molar-refractivity contribution in [2.75, 3.05) is 39.0 Å². The molecule has 0 atom stereocenters. The lowest BCUT2D eigenvalue weighted by Gasteiger charge is -2.31. The van der Waals surface area contributed by atoms with Gasteiger partial charge in [-0.1, -0.05) is 0 Å². The highest BCUT2D eigenvalue weighted by Gasteiger charge is 2.33. The van der Waals surface area contributed by atoms with E-state index in [4.69, 9.17) is 5.73 Å². The quantitative estimate of drug-likeness (QED) is 0.486. The van der Waals surface area contributed by atoms with Crippen LogP contribution < -0.4 is 5.73 Å². The average molecular weight is 318 g/mol. The molecule has 0 radical (unpaired) electrons. The first-order chi connectivity index (χ1) is 9.73. The number of nitrogen functional groups attached to an aromatic ring is 1. The molecule has 0 aromatic heterocycles. The monoisotopic (exact) mass is 318 g/mol. The molecule has 21 heavy (non-hydrogen) atoms. The molecule has 0 amide bonds. The van der Waals surface area contributed by atoms with E-state index in [0.717, 1.165) is 10.4 Å². The third-order valence-electron chi connectivity index (χ3n) is 3.33. The summed E-state index contributed by atoms with van der Waals surface area (Å²) in [5.41, 5.74) is 4.48. The molecular weight excluding hydrogens is 303 g/mol. The first kappa shape index (κ1) is 15.6.